The number of carbonyl (C=O) groups is 4. The van der Waals surface area contributed by atoms with Gasteiger partial charge in [0.15, 0.2) is 0 Å². The van der Waals surface area contributed by atoms with Crippen LogP contribution in [0.1, 0.15) is 169 Å². The van der Waals surface area contributed by atoms with Crippen LogP contribution in [0.4, 0.5) is 0 Å². The number of piperidine rings is 4. The number of amides is 1. The molecular formula is C44H79N5O7. The Hall–Kier alpha value is -2.28. The summed E-state index contributed by atoms with van der Waals surface area (Å²) in [4.78, 5) is 60.5. The van der Waals surface area contributed by atoms with Gasteiger partial charge in [0.2, 0.25) is 5.91 Å². The van der Waals surface area contributed by atoms with Crippen LogP contribution in [0.5, 0.6) is 0 Å². The van der Waals surface area contributed by atoms with Crippen LogP contribution in [0.3, 0.4) is 0 Å². The van der Waals surface area contributed by atoms with Gasteiger partial charge in [0.1, 0.15) is 5.41 Å². The Morgan fingerprint density at radius 2 is 0.714 bits per heavy atom. The van der Waals surface area contributed by atoms with Gasteiger partial charge < -0.3 is 42.3 Å². The van der Waals surface area contributed by atoms with Crippen molar-refractivity contribution in [3.63, 3.8) is 0 Å². The molecule has 9 N–H and O–H groups in total. The van der Waals surface area contributed by atoms with Crippen LogP contribution in [0, 0.1) is 39.9 Å². The Balaban J connectivity index is 2.44. The molecule has 0 saturated carbocycles. The number of nitrogens with two attached hydrogens (primary N) is 1. The molecule has 0 aromatic carbocycles. The van der Waals surface area contributed by atoms with Crippen molar-refractivity contribution in [3.8, 4) is 0 Å². The highest BCUT2D eigenvalue weighted by Crippen LogP contribution is 2.73. The van der Waals surface area contributed by atoms with Gasteiger partial charge in [-0.1, -0.05) is 0 Å². The van der Waals surface area contributed by atoms with Crippen molar-refractivity contribution in [2.75, 3.05) is 0 Å². The Kier molecular flexibility index (Phi) is 11.5. The smallest absolute Gasteiger partial charge is 0.312 e. The average Bonchev–Trinajstić information content (AvgIpc) is 2.86. The Morgan fingerprint density at radius 1 is 0.464 bits per heavy atom. The van der Waals surface area contributed by atoms with Crippen LogP contribution in [0.25, 0.3) is 0 Å². The molecule has 4 rings (SSSR count). The van der Waals surface area contributed by atoms with Gasteiger partial charge in [-0.25, -0.2) is 0 Å². The summed E-state index contributed by atoms with van der Waals surface area (Å²) in [6.45, 7) is 32.2. The van der Waals surface area contributed by atoms with E-state index in [9.17, 15) is 20.1 Å². The summed E-state index contributed by atoms with van der Waals surface area (Å²) in [5.74, 6) is -8.57. The van der Waals surface area contributed by atoms with E-state index in [0.717, 1.165) is 0 Å². The standard InChI is InChI=1S/C44H79N5O7/c1-34(2)17-26(18-35(3,4)46-34)42(32(53)54,25-30(50)51)44(33(55)56,29-23-40(13,14)49-41(15,16)24-29)43(31(45)52,27-19-36(5,6)47-37(7,8)20-27)28-21-38(9,10)48-39(11,12)22-28/h26-29,46-49H,17-25H2,1-16H3,(H2,45,52)(H,50,51)(H,53,54)(H,55,56). The van der Waals surface area contributed by atoms with E-state index < -0.39 is 114 Å². The molecular weight excluding hydrogens is 711 g/mol. The summed E-state index contributed by atoms with van der Waals surface area (Å²) < 4.78 is 0. The van der Waals surface area contributed by atoms with Gasteiger partial charge in [-0.2, -0.15) is 0 Å². The lowest BCUT2D eigenvalue weighted by atomic mass is 9.32. The van der Waals surface area contributed by atoms with Crippen molar-refractivity contribution in [1.29, 1.82) is 0 Å². The molecule has 56 heavy (non-hydrogen) atoms. The van der Waals surface area contributed by atoms with Crippen molar-refractivity contribution in [2.24, 2.45) is 45.7 Å². The number of rotatable bonds is 11. The molecule has 4 aliphatic heterocycles. The van der Waals surface area contributed by atoms with E-state index in [1.165, 1.54) is 0 Å². The van der Waals surface area contributed by atoms with Gasteiger partial charge in [-0.15, -0.1) is 0 Å². The second-order valence-electron chi connectivity index (χ2n) is 24.2. The summed E-state index contributed by atoms with van der Waals surface area (Å²) in [6.07, 6.45) is 1.13. The number of hydrogen-bond acceptors (Lipinski definition) is 8. The lowest BCUT2D eigenvalue weighted by Crippen LogP contribution is -2.79. The molecule has 0 aromatic rings. The van der Waals surface area contributed by atoms with Crippen molar-refractivity contribution in [1.82, 2.24) is 21.3 Å². The molecule has 2 unspecified atom stereocenters. The number of hydrogen-bond donors (Lipinski definition) is 8. The van der Waals surface area contributed by atoms with Gasteiger partial charge in [0.05, 0.1) is 17.3 Å². The summed E-state index contributed by atoms with van der Waals surface area (Å²) >= 11 is 0. The first-order valence-electron chi connectivity index (χ1n) is 21.0. The molecule has 0 bridgehead atoms. The Labute approximate surface area is 337 Å². The lowest BCUT2D eigenvalue weighted by Gasteiger charge is -2.70. The third kappa shape index (κ3) is 8.29. The second kappa shape index (κ2) is 13.9. The molecule has 4 fully saturated rings. The minimum absolute atomic E-state index is 0.185. The van der Waals surface area contributed by atoms with E-state index in [2.05, 4.69) is 21.3 Å². The molecule has 0 aliphatic carbocycles. The number of carbonyl (C=O) groups excluding carboxylic acids is 1. The SMILES string of the molecule is CC1(C)CC(C(CC(=O)O)(C(=O)O)C(C(=O)O)(C2CC(C)(C)NC(C)(C)C2)C(C(N)=O)(C2CC(C)(C)NC(C)(C)C2)C2CC(C)(C)NC(C)(C)C2)CC(C)(C)N1. The fourth-order valence-corrected chi connectivity index (χ4v) is 15.0. The van der Waals surface area contributed by atoms with E-state index in [4.69, 9.17) is 5.73 Å². The van der Waals surface area contributed by atoms with Crippen molar-refractivity contribution in [3.05, 3.63) is 0 Å². The van der Waals surface area contributed by atoms with Crippen LogP contribution in [-0.2, 0) is 19.2 Å². The van der Waals surface area contributed by atoms with Gasteiger partial charge in [-0.05, 0) is 186 Å². The van der Waals surface area contributed by atoms with Gasteiger partial charge in [0, 0.05) is 44.3 Å². The van der Waals surface area contributed by atoms with E-state index in [1.54, 1.807) is 0 Å². The van der Waals surface area contributed by atoms with Crippen molar-refractivity contribution in [2.45, 2.75) is 213 Å². The third-order valence-electron chi connectivity index (χ3n) is 14.3. The van der Waals surface area contributed by atoms with Crippen molar-refractivity contribution < 1.29 is 34.5 Å². The fraction of sp³-hybridized carbons (Fsp3) is 0.909. The lowest BCUT2D eigenvalue weighted by molar-refractivity contribution is -0.249. The van der Waals surface area contributed by atoms with Crippen LogP contribution in [0.15, 0.2) is 0 Å². The molecule has 0 aromatic heterocycles. The molecule has 0 spiro atoms. The van der Waals surface area contributed by atoms with Gasteiger partial charge >= 0.3 is 17.9 Å². The maximum absolute atomic E-state index is 15.8. The molecule has 0 radical (unpaired) electrons. The maximum atomic E-state index is 15.8. The van der Waals surface area contributed by atoms with Crippen molar-refractivity contribution >= 4 is 23.8 Å². The van der Waals surface area contributed by atoms with E-state index in [-0.39, 0.29) is 25.7 Å². The summed E-state index contributed by atoms with van der Waals surface area (Å²) in [7, 11) is 0. The molecule has 4 aliphatic rings. The fourth-order valence-electron chi connectivity index (χ4n) is 15.0. The van der Waals surface area contributed by atoms with Crippen LogP contribution < -0.4 is 27.0 Å². The first-order chi connectivity index (χ1) is 24.8. The van der Waals surface area contributed by atoms with E-state index in [0.29, 0.717) is 25.7 Å². The summed E-state index contributed by atoms with van der Waals surface area (Å²) in [5, 5.41) is 51.2. The third-order valence-corrected chi connectivity index (χ3v) is 14.3. The molecule has 12 nitrogen and oxygen atoms in total. The van der Waals surface area contributed by atoms with E-state index in [1.807, 2.05) is 111 Å². The topological polar surface area (TPSA) is 203 Å². The van der Waals surface area contributed by atoms with E-state index >= 15 is 14.4 Å². The number of carboxylic acids is 3. The first-order valence-corrected chi connectivity index (χ1v) is 21.0. The first kappa shape index (κ1) is 46.4. The zero-order chi connectivity index (χ0) is 43.3. The molecule has 322 valence electrons. The maximum Gasteiger partial charge on any atom is 0.312 e. The summed E-state index contributed by atoms with van der Waals surface area (Å²) in [6, 6.07) is 0. The molecule has 4 saturated heterocycles. The summed E-state index contributed by atoms with van der Waals surface area (Å²) in [5.41, 5.74) is -5.18. The van der Waals surface area contributed by atoms with Crippen LogP contribution in [0.2, 0.25) is 0 Å². The normalized spacial score (nSPS) is 29.6. The van der Waals surface area contributed by atoms with Crippen LogP contribution >= 0.6 is 0 Å². The number of carboxylic acid groups (broad SMARTS) is 3. The minimum Gasteiger partial charge on any atom is -0.481 e. The second-order valence-corrected chi connectivity index (χ2v) is 24.2. The molecule has 1 amide bonds. The number of aliphatic carboxylic acids is 3. The molecule has 12 heteroatoms. The van der Waals surface area contributed by atoms with Gasteiger partial charge in [0.25, 0.3) is 0 Å². The highest BCUT2D eigenvalue weighted by molar-refractivity contribution is 5.97. The monoisotopic (exact) mass is 790 g/mol. The highest BCUT2D eigenvalue weighted by Gasteiger charge is 2.82. The number of primary amides is 1. The predicted molar refractivity (Wildman–Crippen MR) is 220 cm³/mol. The predicted octanol–water partition coefficient (Wildman–Crippen LogP) is 6.30. The van der Waals surface area contributed by atoms with Crippen LogP contribution in [-0.4, -0.2) is 83.4 Å². The minimum atomic E-state index is -2.50. The quantitative estimate of drug-likeness (QED) is 0.117. The van der Waals surface area contributed by atoms with Gasteiger partial charge in [-0.3, -0.25) is 19.2 Å². The largest absolute Gasteiger partial charge is 0.481 e. The molecule has 4 heterocycles. The molecule has 2 atom stereocenters. The highest BCUT2D eigenvalue weighted by atomic mass is 16.4. The zero-order valence-corrected chi connectivity index (χ0v) is 37.7. The zero-order valence-electron chi connectivity index (χ0n) is 37.7. The Bertz CT molecular complexity index is 1480. The number of nitrogens with one attached hydrogen (secondary N) is 4. The Morgan fingerprint density at radius 3 is 0.929 bits per heavy atom. The average molecular weight is 790 g/mol.